The van der Waals surface area contributed by atoms with Crippen molar-refractivity contribution >= 4 is 38.8 Å². The van der Waals surface area contributed by atoms with Crippen molar-refractivity contribution in [2.45, 2.75) is 18.4 Å². The smallest absolute Gasteiger partial charge is 0.212 e. The van der Waals surface area contributed by atoms with Crippen LogP contribution in [0.25, 0.3) is 0 Å². The SMILES string of the molecule is Cc1ncc(CNS(=O)(=O)CCSc2cccc(N)c2)s1. The molecule has 3 N–H and O–H groups in total. The van der Waals surface area contributed by atoms with Crippen LogP contribution in [0, 0.1) is 6.92 Å². The van der Waals surface area contributed by atoms with E-state index in [4.69, 9.17) is 5.73 Å². The van der Waals surface area contributed by atoms with E-state index in [9.17, 15) is 8.42 Å². The van der Waals surface area contributed by atoms with Gasteiger partial charge in [0.05, 0.1) is 10.8 Å². The maximum Gasteiger partial charge on any atom is 0.212 e. The first-order chi connectivity index (χ1) is 9.94. The molecule has 2 rings (SSSR count). The van der Waals surface area contributed by atoms with Gasteiger partial charge in [-0.3, -0.25) is 0 Å². The first kappa shape index (κ1) is 16.3. The Hall–Kier alpha value is -1.09. The summed E-state index contributed by atoms with van der Waals surface area (Å²) in [5.74, 6) is 0.560. The van der Waals surface area contributed by atoms with E-state index in [1.807, 2.05) is 25.1 Å². The number of rotatable bonds is 7. The second-order valence-electron chi connectivity index (χ2n) is 4.41. The van der Waals surface area contributed by atoms with Gasteiger partial charge in [-0.25, -0.2) is 18.1 Å². The zero-order chi connectivity index (χ0) is 15.3. The van der Waals surface area contributed by atoms with E-state index in [1.165, 1.54) is 23.1 Å². The van der Waals surface area contributed by atoms with Crippen LogP contribution >= 0.6 is 23.1 Å². The van der Waals surface area contributed by atoms with Crippen molar-refractivity contribution < 1.29 is 8.42 Å². The number of anilines is 1. The Kier molecular flexibility index (Phi) is 5.63. The number of thiazole rings is 1. The lowest BCUT2D eigenvalue weighted by Crippen LogP contribution is -2.26. The highest BCUT2D eigenvalue weighted by atomic mass is 32.2. The number of thioether (sulfide) groups is 1. The molecule has 8 heteroatoms. The molecular weight excluding hydrogens is 326 g/mol. The molecular formula is C13H17N3O2S3. The Bertz CT molecular complexity index is 698. The summed E-state index contributed by atoms with van der Waals surface area (Å²) in [6.07, 6.45) is 1.70. The van der Waals surface area contributed by atoms with Crippen LogP contribution in [-0.2, 0) is 16.6 Å². The van der Waals surface area contributed by atoms with Gasteiger partial charge in [0.15, 0.2) is 0 Å². The topological polar surface area (TPSA) is 85.1 Å². The Balaban J connectivity index is 1.78. The number of aromatic nitrogens is 1. The van der Waals surface area contributed by atoms with E-state index in [2.05, 4.69) is 9.71 Å². The summed E-state index contributed by atoms with van der Waals surface area (Å²) < 4.78 is 26.4. The highest BCUT2D eigenvalue weighted by Crippen LogP contribution is 2.20. The second-order valence-corrected chi connectivity index (χ2v) is 8.82. The molecule has 114 valence electrons. The fraction of sp³-hybridized carbons (Fsp3) is 0.308. The van der Waals surface area contributed by atoms with Crippen molar-refractivity contribution in [1.29, 1.82) is 0 Å². The zero-order valence-electron chi connectivity index (χ0n) is 11.6. The maximum atomic E-state index is 11.9. The molecule has 0 fully saturated rings. The predicted octanol–water partition coefficient (Wildman–Crippen LogP) is 2.25. The largest absolute Gasteiger partial charge is 0.399 e. The van der Waals surface area contributed by atoms with Gasteiger partial charge in [-0.1, -0.05) is 6.07 Å². The van der Waals surface area contributed by atoms with Gasteiger partial charge in [0, 0.05) is 34.0 Å². The van der Waals surface area contributed by atoms with Crippen LogP contribution in [-0.4, -0.2) is 24.9 Å². The Labute approximate surface area is 133 Å². The number of benzene rings is 1. The summed E-state index contributed by atoms with van der Waals surface area (Å²) in [6, 6.07) is 7.42. The molecule has 1 aromatic carbocycles. The quantitative estimate of drug-likeness (QED) is 0.595. The predicted molar refractivity (Wildman–Crippen MR) is 89.1 cm³/mol. The standard InChI is InChI=1S/C13H17N3O2S3/c1-10-15-8-13(20-10)9-16-21(17,18)6-5-19-12-4-2-3-11(14)7-12/h2-4,7-8,16H,5-6,9,14H2,1H3. The summed E-state index contributed by atoms with van der Waals surface area (Å²) in [4.78, 5) is 5.99. The molecule has 1 heterocycles. The van der Waals surface area contributed by atoms with Gasteiger partial charge in [0.2, 0.25) is 10.0 Å². The lowest BCUT2D eigenvalue weighted by atomic mass is 10.3. The third-order valence-electron chi connectivity index (χ3n) is 2.61. The van der Waals surface area contributed by atoms with E-state index in [0.717, 1.165) is 14.8 Å². The molecule has 0 unspecified atom stereocenters. The number of nitrogen functional groups attached to an aromatic ring is 1. The molecule has 0 amide bonds. The number of nitrogens with zero attached hydrogens (tertiary/aromatic N) is 1. The number of sulfonamides is 1. The lowest BCUT2D eigenvalue weighted by Gasteiger charge is -2.06. The van der Waals surface area contributed by atoms with E-state index in [0.29, 0.717) is 18.0 Å². The minimum Gasteiger partial charge on any atom is -0.399 e. The Morgan fingerprint density at radius 2 is 2.24 bits per heavy atom. The molecule has 0 saturated heterocycles. The minimum absolute atomic E-state index is 0.0737. The van der Waals surface area contributed by atoms with Crippen LogP contribution in [0.15, 0.2) is 35.4 Å². The summed E-state index contributed by atoms with van der Waals surface area (Å²) in [5, 5.41) is 0.932. The lowest BCUT2D eigenvalue weighted by molar-refractivity contribution is 0.583. The third kappa shape index (κ3) is 5.66. The Morgan fingerprint density at radius 1 is 1.43 bits per heavy atom. The summed E-state index contributed by atoms with van der Waals surface area (Å²) in [6.45, 7) is 2.20. The van der Waals surface area contributed by atoms with Crippen LogP contribution in [0.2, 0.25) is 0 Å². The van der Waals surface area contributed by atoms with Gasteiger partial charge in [0.25, 0.3) is 0 Å². The number of hydrogen-bond acceptors (Lipinski definition) is 6. The number of nitrogens with two attached hydrogens (primary N) is 1. The monoisotopic (exact) mass is 343 g/mol. The van der Waals surface area contributed by atoms with Crippen LogP contribution in [0.5, 0.6) is 0 Å². The van der Waals surface area contributed by atoms with Gasteiger partial charge in [-0.15, -0.1) is 23.1 Å². The second kappa shape index (κ2) is 7.26. The van der Waals surface area contributed by atoms with Crippen LogP contribution in [0.1, 0.15) is 9.88 Å². The van der Waals surface area contributed by atoms with E-state index in [-0.39, 0.29) is 5.75 Å². The molecule has 1 aromatic heterocycles. The van der Waals surface area contributed by atoms with E-state index in [1.54, 1.807) is 12.3 Å². The van der Waals surface area contributed by atoms with Gasteiger partial charge < -0.3 is 5.73 Å². The van der Waals surface area contributed by atoms with Crippen molar-refractivity contribution in [2.24, 2.45) is 0 Å². The van der Waals surface area contributed by atoms with Crippen LogP contribution in [0.4, 0.5) is 5.69 Å². The van der Waals surface area contributed by atoms with Crippen molar-refractivity contribution in [3.8, 4) is 0 Å². The molecule has 0 bridgehead atoms. The molecule has 2 aromatic rings. The summed E-state index contributed by atoms with van der Waals surface area (Å²) in [5.41, 5.74) is 6.36. The first-order valence-electron chi connectivity index (χ1n) is 6.31. The molecule has 0 saturated carbocycles. The number of nitrogens with one attached hydrogen (secondary N) is 1. The van der Waals surface area contributed by atoms with Crippen LogP contribution in [0.3, 0.4) is 0 Å². The summed E-state index contributed by atoms with van der Waals surface area (Å²) >= 11 is 2.97. The summed E-state index contributed by atoms with van der Waals surface area (Å²) in [7, 11) is -3.27. The van der Waals surface area contributed by atoms with Gasteiger partial charge in [0.1, 0.15) is 0 Å². The van der Waals surface area contributed by atoms with E-state index >= 15 is 0 Å². The zero-order valence-corrected chi connectivity index (χ0v) is 14.0. The van der Waals surface area contributed by atoms with Crippen LogP contribution < -0.4 is 10.5 Å². The first-order valence-corrected chi connectivity index (χ1v) is 9.77. The third-order valence-corrected chi connectivity index (χ3v) is 6.11. The fourth-order valence-electron chi connectivity index (χ4n) is 1.61. The molecule has 0 spiro atoms. The average Bonchev–Trinajstić information content (AvgIpc) is 2.82. The molecule has 0 aliphatic heterocycles. The molecule has 0 aliphatic carbocycles. The molecule has 5 nitrogen and oxygen atoms in total. The maximum absolute atomic E-state index is 11.9. The van der Waals surface area contributed by atoms with Crippen molar-refractivity contribution in [1.82, 2.24) is 9.71 Å². The highest BCUT2D eigenvalue weighted by Gasteiger charge is 2.11. The van der Waals surface area contributed by atoms with Crippen molar-refractivity contribution in [2.75, 3.05) is 17.2 Å². The number of aryl methyl sites for hydroxylation is 1. The average molecular weight is 343 g/mol. The molecule has 0 atom stereocenters. The van der Waals surface area contributed by atoms with Gasteiger partial charge in [-0.2, -0.15) is 0 Å². The molecule has 21 heavy (non-hydrogen) atoms. The van der Waals surface area contributed by atoms with Gasteiger partial charge >= 0.3 is 0 Å². The highest BCUT2D eigenvalue weighted by molar-refractivity contribution is 8.00. The van der Waals surface area contributed by atoms with Crippen molar-refractivity contribution in [3.05, 3.63) is 40.3 Å². The van der Waals surface area contributed by atoms with Gasteiger partial charge in [-0.05, 0) is 25.1 Å². The van der Waals surface area contributed by atoms with E-state index < -0.39 is 10.0 Å². The molecule has 0 radical (unpaired) electrons. The van der Waals surface area contributed by atoms with Crippen molar-refractivity contribution in [3.63, 3.8) is 0 Å². The molecule has 0 aliphatic rings. The fourth-order valence-corrected chi connectivity index (χ4v) is 4.80. The Morgan fingerprint density at radius 3 is 2.90 bits per heavy atom. The number of hydrogen-bond donors (Lipinski definition) is 2. The minimum atomic E-state index is -3.27. The normalized spacial score (nSPS) is 11.7.